The molecule has 0 fully saturated rings. The highest BCUT2D eigenvalue weighted by molar-refractivity contribution is 9.11. The predicted octanol–water partition coefficient (Wildman–Crippen LogP) is 5.39. The maximum atomic E-state index is 12.2. The number of carbonyl (C=O) groups excluding carboxylic acids is 2. The number of ether oxygens (including phenoxy) is 2. The van der Waals surface area contributed by atoms with E-state index in [1.54, 1.807) is 36.4 Å². The van der Waals surface area contributed by atoms with Gasteiger partial charge < -0.3 is 9.47 Å². The van der Waals surface area contributed by atoms with Gasteiger partial charge in [-0.25, -0.2) is 9.59 Å². The van der Waals surface area contributed by atoms with Crippen molar-refractivity contribution in [3.63, 3.8) is 0 Å². The molecule has 0 aliphatic heterocycles. The lowest BCUT2D eigenvalue weighted by Crippen LogP contribution is -2.10. The monoisotopic (exact) mass is 454 g/mol. The Morgan fingerprint density at radius 3 is 2.38 bits per heavy atom. The van der Waals surface area contributed by atoms with Gasteiger partial charge in [0, 0.05) is 8.95 Å². The lowest BCUT2D eigenvalue weighted by atomic mass is 10.2. The normalized spacial score (nSPS) is 10.3. The summed E-state index contributed by atoms with van der Waals surface area (Å²) in [5.74, 6) is -0.505. The number of hydrogen-bond donors (Lipinski definition) is 0. The van der Waals surface area contributed by atoms with Gasteiger partial charge in [-0.2, -0.15) is 0 Å². The van der Waals surface area contributed by atoms with Gasteiger partial charge in [-0.1, -0.05) is 29.3 Å². The summed E-state index contributed by atoms with van der Waals surface area (Å²) in [6, 6.07) is 11.5. The van der Waals surface area contributed by atoms with Crippen LogP contribution in [0.5, 0.6) is 5.75 Å². The number of benzene rings is 2. The summed E-state index contributed by atoms with van der Waals surface area (Å²) in [6.07, 6.45) is 1.80. The molecule has 0 amide bonds. The van der Waals surface area contributed by atoms with Crippen LogP contribution in [-0.4, -0.2) is 18.5 Å². The first-order valence-electron chi connectivity index (χ1n) is 7.45. The van der Waals surface area contributed by atoms with Gasteiger partial charge in [-0.15, -0.1) is 0 Å². The molecule has 0 bridgehead atoms. The molecule has 24 heavy (non-hydrogen) atoms. The Bertz CT molecular complexity index is 726. The minimum Gasteiger partial charge on any atom is -0.462 e. The predicted molar refractivity (Wildman–Crippen MR) is 98.4 cm³/mol. The zero-order valence-electron chi connectivity index (χ0n) is 13.1. The molecule has 0 aliphatic carbocycles. The largest absolute Gasteiger partial charge is 0.462 e. The first kappa shape index (κ1) is 18.7. The lowest BCUT2D eigenvalue weighted by molar-refractivity contribution is 0.0499. The zero-order chi connectivity index (χ0) is 17.5. The van der Waals surface area contributed by atoms with Gasteiger partial charge in [0.15, 0.2) is 0 Å². The molecule has 0 saturated heterocycles. The number of hydrogen-bond acceptors (Lipinski definition) is 4. The second-order valence-electron chi connectivity index (χ2n) is 5.03. The maximum Gasteiger partial charge on any atom is 0.344 e. The second kappa shape index (κ2) is 8.99. The summed E-state index contributed by atoms with van der Waals surface area (Å²) in [7, 11) is 0. The molecule has 6 heteroatoms. The highest BCUT2D eigenvalue weighted by atomic mass is 79.9. The third-order valence-corrected chi connectivity index (χ3v) is 4.36. The number of halogens is 2. The van der Waals surface area contributed by atoms with E-state index in [1.165, 1.54) is 0 Å². The fourth-order valence-corrected chi connectivity index (χ4v) is 2.64. The van der Waals surface area contributed by atoms with Crippen LogP contribution < -0.4 is 4.74 Å². The molecule has 0 aromatic heterocycles. The van der Waals surface area contributed by atoms with E-state index < -0.39 is 5.97 Å². The third kappa shape index (κ3) is 5.18. The van der Waals surface area contributed by atoms with Crippen LogP contribution in [0.4, 0.5) is 0 Å². The maximum absolute atomic E-state index is 12.2. The van der Waals surface area contributed by atoms with Crippen LogP contribution in [0.15, 0.2) is 51.4 Å². The van der Waals surface area contributed by atoms with E-state index >= 15 is 0 Å². The fourth-order valence-electron chi connectivity index (χ4n) is 1.87. The van der Waals surface area contributed by atoms with Crippen molar-refractivity contribution < 1.29 is 19.1 Å². The number of rotatable bonds is 6. The average molecular weight is 456 g/mol. The van der Waals surface area contributed by atoms with Gasteiger partial charge in [-0.3, -0.25) is 0 Å². The summed E-state index contributed by atoms with van der Waals surface area (Å²) in [5, 5.41) is 0. The highest BCUT2D eigenvalue weighted by Crippen LogP contribution is 2.23. The summed E-state index contributed by atoms with van der Waals surface area (Å²) in [4.78, 5) is 24.0. The van der Waals surface area contributed by atoms with Crippen molar-refractivity contribution in [3.05, 3.63) is 62.5 Å². The Morgan fingerprint density at radius 2 is 1.71 bits per heavy atom. The third-order valence-electron chi connectivity index (χ3n) is 3.18. The van der Waals surface area contributed by atoms with Crippen LogP contribution in [0, 0.1) is 0 Å². The van der Waals surface area contributed by atoms with Crippen molar-refractivity contribution in [2.45, 2.75) is 19.8 Å². The van der Waals surface area contributed by atoms with E-state index in [0.717, 1.165) is 17.3 Å². The van der Waals surface area contributed by atoms with E-state index in [2.05, 4.69) is 31.9 Å². The van der Waals surface area contributed by atoms with Crippen LogP contribution in [0.25, 0.3) is 0 Å². The van der Waals surface area contributed by atoms with Gasteiger partial charge in [0.05, 0.1) is 17.7 Å². The minimum absolute atomic E-state index is 0.358. The van der Waals surface area contributed by atoms with Crippen molar-refractivity contribution in [1.82, 2.24) is 0 Å². The molecule has 0 aliphatic rings. The second-order valence-corrected chi connectivity index (χ2v) is 6.80. The van der Waals surface area contributed by atoms with E-state index in [9.17, 15) is 9.59 Å². The summed E-state index contributed by atoms with van der Waals surface area (Å²) in [6.45, 7) is 2.43. The quantitative estimate of drug-likeness (QED) is 0.333. The van der Waals surface area contributed by atoms with Gasteiger partial charge in [0.2, 0.25) is 0 Å². The van der Waals surface area contributed by atoms with Crippen molar-refractivity contribution in [2.24, 2.45) is 0 Å². The summed E-state index contributed by atoms with van der Waals surface area (Å²) in [5.41, 5.74) is 0.835. The van der Waals surface area contributed by atoms with Gasteiger partial charge in [-0.05, 0) is 64.8 Å². The molecule has 0 saturated carbocycles. The molecular weight excluding hydrogens is 440 g/mol. The van der Waals surface area contributed by atoms with E-state index in [-0.39, 0.29) is 5.97 Å². The van der Waals surface area contributed by atoms with Crippen LogP contribution in [0.1, 0.15) is 40.5 Å². The van der Waals surface area contributed by atoms with Crippen molar-refractivity contribution in [3.8, 4) is 5.75 Å². The van der Waals surface area contributed by atoms with E-state index in [4.69, 9.17) is 9.47 Å². The van der Waals surface area contributed by atoms with E-state index in [0.29, 0.717) is 28.0 Å². The molecule has 2 aromatic rings. The fraction of sp³-hybridized carbons (Fsp3) is 0.222. The smallest absolute Gasteiger partial charge is 0.344 e. The molecule has 126 valence electrons. The lowest BCUT2D eigenvalue weighted by Gasteiger charge is -2.08. The van der Waals surface area contributed by atoms with Crippen LogP contribution >= 0.6 is 31.9 Å². The topological polar surface area (TPSA) is 52.6 Å². The van der Waals surface area contributed by atoms with Crippen LogP contribution in [0.2, 0.25) is 0 Å². The molecule has 2 rings (SSSR count). The molecule has 2 aromatic carbocycles. The molecule has 0 heterocycles. The number of esters is 2. The Labute approximate surface area is 157 Å². The Hall–Kier alpha value is -1.66. The Balaban J connectivity index is 2.02. The Morgan fingerprint density at radius 1 is 1.00 bits per heavy atom. The molecule has 0 N–H and O–H groups in total. The highest BCUT2D eigenvalue weighted by Gasteiger charge is 2.14. The minimum atomic E-state index is -0.485. The van der Waals surface area contributed by atoms with Gasteiger partial charge in [0.25, 0.3) is 0 Å². The first-order chi connectivity index (χ1) is 11.5. The van der Waals surface area contributed by atoms with Crippen LogP contribution in [-0.2, 0) is 4.74 Å². The van der Waals surface area contributed by atoms with Gasteiger partial charge in [0.1, 0.15) is 5.75 Å². The molecule has 0 radical (unpaired) electrons. The van der Waals surface area contributed by atoms with Gasteiger partial charge >= 0.3 is 11.9 Å². The number of unbranched alkanes of at least 4 members (excludes halogenated alkanes) is 1. The SMILES string of the molecule is CCCCOC(=O)c1ccc(OC(=O)c2cc(Br)ccc2Br)cc1. The standard InChI is InChI=1S/C18H16Br2O4/c1-2-3-10-23-17(21)12-4-7-14(8-5-12)24-18(22)15-11-13(19)6-9-16(15)20/h4-9,11H,2-3,10H2,1H3. The van der Waals surface area contributed by atoms with Crippen molar-refractivity contribution in [1.29, 1.82) is 0 Å². The number of carbonyl (C=O) groups is 2. The first-order valence-corrected chi connectivity index (χ1v) is 9.04. The zero-order valence-corrected chi connectivity index (χ0v) is 16.2. The molecular formula is C18H16Br2O4. The van der Waals surface area contributed by atoms with Crippen molar-refractivity contribution >= 4 is 43.8 Å². The summed E-state index contributed by atoms with van der Waals surface area (Å²) < 4.78 is 11.9. The molecule has 0 unspecified atom stereocenters. The molecule has 4 nitrogen and oxygen atoms in total. The summed E-state index contributed by atoms with van der Waals surface area (Å²) >= 11 is 6.64. The molecule has 0 atom stereocenters. The molecule has 0 spiro atoms. The van der Waals surface area contributed by atoms with Crippen molar-refractivity contribution in [2.75, 3.05) is 6.61 Å². The average Bonchev–Trinajstić information content (AvgIpc) is 2.57. The van der Waals surface area contributed by atoms with E-state index in [1.807, 2.05) is 13.0 Å². The van der Waals surface area contributed by atoms with Crippen LogP contribution in [0.3, 0.4) is 0 Å². The Kier molecular flexibility index (Phi) is 6.99.